The Morgan fingerprint density at radius 2 is 1.95 bits per heavy atom. The van der Waals surface area contributed by atoms with Crippen molar-refractivity contribution < 1.29 is 14.2 Å². The first-order chi connectivity index (χ1) is 10.3. The van der Waals surface area contributed by atoms with Gasteiger partial charge < -0.3 is 19.5 Å². The van der Waals surface area contributed by atoms with Gasteiger partial charge in [0, 0.05) is 26.3 Å². The Kier molecular flexibility index (Phi) is 9.48. The van der Waals surface area contributed by atoms with Crippen LogP contribution in [-0.4, -0.2) is 43.4 Å². The van der Waals surface area contributed by atoms with E-state index in [1.807, 2.05) is 0 Å². The lowest BCUT2D eigenvalue weighted by Gasteiger charge is -2.10. The van der Waals surface area contributed by atoms with Gasteiger partial charge in [0.15, 0.2) is 5.82 Å². The Morgan fingerprint density at radius 1 is 1.10 bits per heavy atom. The third-order valence-corrected chi connectivity index (χ3v) is 2.70. The summed E-state index contributed by atoms with van der Waals surface area (Å²) >= 11 is 0. The van der Waals surface area contributed by atoms with E-state index in [2.05, 4.69) is 29.1 Å². The first-order valence-corrected chi connectivity index (χ1v) is 7.61. The summed E-state index contributed by atoms with van der Waals surface area (Å²) in [4.78, 5) is 8.68. The summed E-state index contributed by atoms with van der Waals surface area (Å²) in [6, 6.07) is 1.81. The average molecular weight is 297 g/mol. The van der Waals surface area contributed by atoms with Gasteiger partial charge in [-0.05, 0) is 12.8 Å². The van der Waals surface area contributed by atoms with Crippen LogP contribution in [0.25, 0.3) is 0 Å². The standard InChI is InChI=1S/C15H27N3O3/c1-4-6-8-20-9-10-21-15-11-13(16-7-5-2)17-14(18-15)12-19-3/h11H,4-10,12H2,1-3H3,(H,16,17,18). The molecule has 0 aliphatic rings. The van der Waals surface area contributed by atoms with Gasteiger partial charge in [-0.15, -0.1) is 0 Å². The molecule has 0 amide bonds. The van der Waals surface area contributed by atoms with Crippen LogP contribution < -0.4 is 10.1 Å². The van der Waals surface area contributed by atoms with Gasteiger partial charge in [-0.2, -0.15) is 4.98 Å². The molecule has 21 heavy (non-hydrogen) atoms. The first-order valence-electron chi connectivity index (χ1n) is 7.61. The second-order valence-corrected chi connectivity index (χ2v) is 4.68. The van der Waals surface area contributed by atoms with E-state index in [4.69, 9.17) is 14.2 Å². The summed E-state index contributed by atoms with van der Waals surface area (Å²) in [5, 5.41) is 3.23. The molecule has 1 heterocycles. The topological polar surface area (TPSA) is 65.5 Å². The lowest BCUT2D eigenvalue weighted by atomic mass is 10.4. The molecular formula is C15H27N3O3. The molecule has 1 aromatic heterocycles. The Hall–Kier alpha value is -1.40. The number of unbranched alkanes of at least 4 members (excludes halogenated alkanes) is 1. The molecule has 0 bridgehead atoms. The van der Waals surface area contributed by atoms with Crippen molar-refractivity contribution >= 4 is 5.82 Å². The van der Waals surface area contributed by atoms with Crippen molar-refractivity contribution in [3.8, 4) is 5.88 Å². The minimum atomic E-state index is 0.366. The summed E-state index contributed by atoms with van der Waals surface area (Å²) in [6.45, 7) is 7.32. The fourth-order valence-electron chi connectivity index (χ4n) is 1.64. The normalized spacial score (nSPS) is 10.6. The number of anilines is 1. The van der Waals surface area contributed by atoms with E-state index < -0.39 is 0 Å². The highest BCUT2D eigenvalue weighted by Gasteiger charge is 2.05. The molecule has 0 radical (unpaired) electrons. The van der Waals surface area contributed by atoms with Crippen molar-refractivity contribution in [2.45, 2.75) is 39.7 Å². The van der Waals surface area contributed by atoms with Crippen molar-refractivity contribution in [3.63, 3.8) is 0 Å². The predicted molar refractivity (Wildman–Crippen MR) is 82.7 cm³/mol. The summed E-state index contributed by atoms with van der Waals surface area (Å²) < 4.78 is 16.2. The molecule has 0 fully saturated rings. The molecule has 0 saturated carbocycles. The van der Waals surface area contributed by atoms with Crippen LogP contribution >= 0.6 is 0 Å². The van der Waals surface area contributed by atoms with Crippen molar-refractivity contribution in [1.29, 1.82) is 0 Å². The maximum absolute atomic E-state index is 5.62. The lowest BCUT2D eigenvalue weighted by Crippen LogP contribution is -2.11. The van der Waals surface area contributed by atoms with Gasteiger partial charge in [0.05, 0.1) is 6.61 Å². The molecular weight excluding hydrogens is 270 g/mol. The van der Waals surface area contributed by atoms with Crippen LogP contribution in [0.5, 0.6) is 5.88 Å². The minimum absolute atomic E-state index is 0.366. The molecule has 1 rings (SSSR count). The summed E-state index contributed by atoms with van der Waals surface area (Å²) in [7, 11) is 1.62. The second-order valence-electron chi connectivity index (χ2n) is 4.68. The van der Waals surface area contributed by atoms with E-state index in [9.17, 15) is 0 Å². The zero-order valence-corrected chi connectivity index (χ0v) is 13.4. The van der Waals surface area contributed by atoms with E-state index in [1.165, 1.54) is 0 Å². The monoisotopic (exact) mass is 297 g/mol. The zero-order chi connectivity index (χ0) is 15.3. The van der Waals surface area contributed by atoms with Gasteiger partial charge in [-0.3, -0.25) is 0 Å². The predicted octanol–water partition coefficient (Wildman–Crippen LogP) is 2.64. The highest BCUT2D eigenvalue weighted by Crippen LogP contribution is 2.14. The average Bonchev–Trinajstić information content (AvgIpc) is 2.49. The fourth-order valence-corrected chi connectivity index (χ4v) is 1.64. The molecule has 1 N–H and O–H groups in total. The number of methoxy groups -OCH3 is 1. The van der Waals surface area contributed by atoms with Crippen LogP contribution in [0.3, 0.4) is 0 Å². The van der Waals surface area contributed by atoms with E-state index in [0.717, 1.165) is 38.2 Å². The Bertz CT molecular complexity index is 388. The van der Waals surface area contributed by atoms with Crippen LogP contribution in [0.1, 0.15) is 38.9 Å². The SMILES string of the molecule is CCCCOCCOc1cc(NCCC)nc(COC)n1. The molecule has 0 aliphatic carbocycles. The quantitative estimate of drug-likeness (QED) is 0.598. The van der Waals surface area contributed by atoms with Crippen molar-refractivity contribution in [2.24, 2.45) is 0 Å². The molecule has 120 valence electrons. The van der Waals surface area contributed by atoms with E-state index >= 15 is 0 Å². The van der Waals surface area contributed by atoms with Crippen LogP contribution in [0.15, 0.2) is 6.07 Å². The van der Waals surface area contributed by atoms with E-state index in [1.54, 1.807) is 13.2 Å². The Labute approximate surface area is 127 Å². The van der Waals surface area contributed by atoms with Crippen molar-refractivity contribution in [2.75, 3.05) is 38.8 Å². The summed E-state index contributed by atoms with van der Waals surface area (Å²) in [5.41, 5.74) is 0. The number of nitrogens with zero attached hydrogens (tertiary/aromatic N) is 2. The van der Waals surface area contributed by atoms with Crippen molar-refractivity contribution in [3.05, 3.63) is 11.9 Å². The number of aromatic nitrogens is 2. The third-order valence-electron chi connectivity index (χ3n) is 2.70. The molecule has 0 aliphatic heterocycles. The van der Waals surface area contributed by atoms with Gasteiger partial charge in [0.25, 0.3) is 0 Å². The maximum atomic E-state index is 5.62. The van der Waals surface area contributed by atoms with E-state index in [0.29, 0.717) is 31.5 Å². The molecule has 0 atom stereocenters. The summed E-state index contributed by atoms with van der Waals surface area (Å²) in [6.07, 6.45) is 3.25. The highest BCUT2D eigenvalue weighted by atomic mass is 16.5. The molecule has 0 unspecified atom stereocenters. The molecule has 6 nitrogen and oxygen atoms in total. The molecule has 0 saturated heterocycles. The van der Waals surface area contributed by atoms with Crippen LogP contribution in [0.2, 0.25) is 0 Å². The van der Waals surface area contributed by atoms with Crippen molar-refractivity contribution in [1.82, 2.24) is 9.97 Å². The number of rotatable bonds is 12. The number of hydrogen-bond donors (Lipinski definition) is 1. The smallest absolute Gasteiger partial charge is 0.218 e. The van der Waals surface area contributed by atoms with Gasteiger partial charge in [-0.1, -0.05) is 20.3 Å². The largest absolute Gasteiger partial charge is 0.475 e. The lowest BCUT2D eigenvalue weighted by molar-refractivity contribution is 0.0960. The van der Waals surface area contributed by atoms with Crippen LogP contribution in [0, 0.1) is 0 Å². The number of hydrogen-bond acceptors (Lipinski definition) is 6. The van der Waals surface area contributed by atoms with Gasteiger partial charge >= 0.3 is 0 Å². The number of ether oxygens (including phenoxy) is 3. The van der Waals surface area contributed by atoms with Gasteiger partial charge in [0.1, 0.15) is 19.0 Å². The Balaban J connectivity index is 2.48. The fraction of sp³-hybridized carbons (Fsp3) is 0.733. The number of nitrogens with one attached hydrogen (secondary N) is 1. The minimum Gasteiger partial charge on any atom is -0.475 e. The maximum Gasteiger partial charge on any atom is 0.218 e. The van der Waals surface area contributed by atoms with Gasteiger partial charge in [0.2, 0.25) is 5.88 Å². The third kappa shape index (κ3) is 7.82. The second kappa shape index (κ2) is 11.3. The van der Waals surface area contributed by atoms with Crippen LogP contribution in [0.4, 0.5) is 5.82 Å². The summed E-state index contributed by atoms with van der Waals surface area (Å²) in [5.74, 6) is 1.93. The zero-order valence-electron chi connectivity index (χ0n) is 13.4. The molecule has 6 heteroatoms. The van der Waals surface area contributed by atoms with E-state index in [-0.39, 0.29) is 0 Å². The molecule has 0 aromatic carbocycles. The highest BCUT2D eigenvalue weighted by molar-refractivity contribution is 5.38. The van der Waals surface area contributed by atoms with Gasteiger partial charge in [-0.25, -0.2) is 4.98 Å². The van der Waals surface area contributed by atoms with Crippen LogP contribution in [-0.2, 0) is 16.1 Å². The molecule has 0 spiro atoms. The Morgan fingerprint density at radius 3 is 2.67 bits per heavy atom. The molecule has 1 aromatic rings. The first kappa shape index (κ1) is 17.7.